The molecule has 1 aliphatic heterocycles. The number of hydrogen-bond donors (Lipinski definition) is 0. The molecule has 3 heterocycles. The zero-order valence-corrected chi connectivity index (χ0v) is 11.5. The fourth-order valence-electron chi connectivity index (χ4n) is 2.22. The van der Waals surface area contributed by atoms with E-state index in [-0.39, 0.29) is 5.97 Å². The van der Waals surface area contributed by atoms with Gasteiger partial charge in [0.15, 0.2) is 11.5 Å². The maximum Gasteiger partial charge on any atom is 0.339 e. The van der Waals surface area contributed by atoms with Gasteiger partial charge in [-0.1, -0.05) is 6.42 Å². The third-order valence-corrected chi connectivity index (χ3v) is 4.61. The van der Waals surface area contributed by atoms with Gasteiger partial charge in [-0.2, -0.15) is 16.9 Å². The van der Waals surface area contributed by atoms with Gasteiger partial charge in [0.2, 0.25) is 0 Å². The van der Waals surface area contributed by atoms with Crippen molar-refractivity contribution in [3.63, 3.8) is 0 Å². The van der Waals surface area contributed by atoms with Crippen LogP contribution in [0.5, 0.6) is 0 Å². The summed E-state index contributed by atoms with van der Waals surface area (Å²) in [7, 11) is 1.37. The summed E-state index contributed by atoms with van der Waals surface area (Å²) in [4.78, 5) is 16.0. The maximum absolute atomic E-state index is 11.5. The predicted molar refractivity (Wildman–Crippen MR) is 73.4 cm³/mol. The largest absolute Gasteiger partial charge is 0.465 e. The van der Waals surface area contributed by atoms with Crippen LogP contribution in [0.2, 0.25) is 0 Å². The number of fused-ring (bicyclic) bond motifs is 1. The number of ether oxygens (including phenoxy) is 1. The Balaban J connectivity index is 1.93. The summed E-state index contributed by atoms with van der Waals surface area (Å²) in [6, 6.07) is 3.52. The van der Waals surface area contributed by atoms with Crippen molar-refractivity contribution < 1.29 is 9.53 Å². The standard InChI is InChI=1S/C13H15N3O2S/c1-18-13(17)9-5-6-11-14-12(15-16(11)8-9)10-4-2-3-7-19-10/h5-6,8,10H,2-4,7H2,1H3. The molecule has 0 saturated carbocycles. The highest BCUT2D eigenvalue weighted by Crippen LogP contribution is 2.36. The molecule has 0 aromatic carbocycles. The molecule has 1 atom stereocenters. The summed E-state index contributed by atoms with van der Waals surface area (Å²) < 4.78 is 6.37. The molecular formula is C13H15N3O2S. The van der Waals surface area contributed by atoms with Crippen LogP contribution in [-0.4, -0.2) is 33.4 Å². The molecule has 1 saturated heterocycles. The number of aromatic nitrogens is 3. The van der Waals surface area contributed by atoms with Gasteiger partial charge in [-0.25, -0.2) is 14.3 Å². The second kappa shape index (κ2) is 5.21. The molecule has 19 heavy (non-hydrogen) atoms. The molecule has 5 nitrogen and oxygen atoms in total. The number of rotatable bonds is 2. The van der Waals surface area contributed by atoms with E-state index in [1.54, 1.807) is 22.8 Å². The minimum atomic E-state index is -0.356. The monoisotopic (exact) mass is 277 g/mol. The smallest absolute Gasteiger partial charge is 0.339 e. The minimum Gasteiger partial charge on any atom is -0.465 e. The molecule has 0 N–H and O–H groups in total. The minimum absolute atomic E-state index is 0.356. The van der Waals surface area contributed by atoms with E-state index in [0.717, 1.165) is 17.9 Å². The summed E-state index contributed by atoms with van der Waals surface area (Å²) in [5.41, 5.74) is 1.26. The lowest BCUT2D eigenvalue weighted by Crippen LogP contribution is -2.04. The summed E-state index contributed by atoms with van der Waals surface area (Å²) in [6.07, 6.45) is 5.32. The van der Waals surface area contributed by atoms with Gasteiger partial charge < -0.3 is 4.74 Å². The van der Waals surface area contributed by atoms with E-state index in [2.05, 4.69) is 10.1 Å². The van der Waals surface area contributed by atoms with Gasteiger partial charge in [0.25, 0.3) is 0 Å². The first kappa shape index (κ1) is 12.5. The second-order valence-corrected chi connectivity index (χ2v) is 5.85. The van der Waals surface area contributed by atoms with Crippen molar-refractivity contribution >= 4 is 23.4 Å². The van der Waals surface area contributed by atoms with Gasteiger partial charge in [-0.3, -0.25) is 0 Å². The molecule has 2 aromatic heterocycles. The summed E-state index contributed by atoms with van der Waals surface area (Å²) >= 11 is 1.92. The van der Waals surface area contributed by atoms with Crippen LogP contribution in [0.25, 0.3) is 5.65 Å². The number of nitrogens with zero attached hydrogens (tertiary/aromatic N) is 3. The van der Waals surface area contributed by atoms with Crippen LogP contribution in [-0.2, 0) is 4.74 Å². The van der Waals surface area contributed by atoms with Gasteiger partial charge >= 0.3 is 5.97 Å². The average Bonchev–Trinajstić information content (AvgIpc) is 2.90. The number of pyridine rings is 1. The number of thioether (sulfide) groups is 1. The highest BCUT2D eigenvalue weighted by Gasteiger charge is 2.20. The van der Waals surface area contributed by atoms with Crippen LogP contribution in [0.3, 0.4) is 0 Å². The SMILES string of the molecule is COC(=O)c1ccc2nc(C3CCCCS3)nn2c1. The van der Waals surface area contributed by atoms with Crippen molar-refractivity contribution in [2.75, 3.05) is 12.9 Å². The van der Waals surface area contributed by atoms with E-state index in [9.17, 15) is 4.79 Å². The van der Waals surface area contributed by atoms with E-state index in [1.807, 2.05) is 11.8 Å². The number of carbonyl (C=O) groups is 1. The number of carbonyl (C=O) groups excluding carboxylic acids is 1. The third kappa shape index (κ3) is 2.45. The van der Waals surface area contributed by atoms with E-state index in [0.29, 0.717) is 10.8 Å². The molecule has 0 radical (unpaired) electrons. The first-order valence-corrected chi connectivity index (χ1v) is 7.39. The van der Waals surface area contributed by atoms with E-state index < -0.39 is 0 Å². The number of hydrogen-bond acceptors (Lipinski definition) is 5. The molecular weight excluding hydrogens is 262 g/mol. The second-order valence-electron chi connectivity index (χ2n) is 4.54. The molecule has 100 valence electrons. The molecule has 0 aliphatic carbocycles. The molecule has 0 bridgehead atoms. The summed E-state index contributed by atoms with van der Waals surface area (Å²) in [5, 5.41) is 4.88. The van der Waals surface area contributed by atoms with Crippen molar-refractivity contribution in [3.8, 4) is 0 Å². The topological polar surface area (TPSA) is 56.5 Å². The van der Waals surface area contributed by atoms with Crippen LogP contribution in [0.15, 0.2) is 18.3 Å². The van der Waals surface area contributed by atoms with Crippen molar-refractivity contribution in [2.24, 2.45) is 0 Å². The van der Waals surface area contributed by atoms with Gasteiger partial charge in [0.1, 0.15) is 0 Å². The maximum atomic E-state index is 11.5. The zero-order chi connectivity index (χ0) is 13.2. The van der Waals surface area contributed by atoms with Crippen molar-refractivity contribution in [1.29, 1.82) is 0 Å². The summed E-state index contributed by atoms with van der Waals surface area (Å²) in [5.74, 6) is 1.69. The normalized spacial score (nSPS) is 19.5. The Labute approximate surface area is 115 Å². The van der Waals surface area contributed by atoms with Gasteiger partial charge in [0, 0.05) is 6.20 Å². The van der Waals surface area contributed by atoms with E-state index in [1.165, 1.54) is 25.7 Å². The molecule has 1 fully saturated rings. The lowest BCUT2D eigenvalue weighted by atomic mass is 10.2. The Morgan fingerprint density at radius 2 is 2.37 bits per heavy atom. The van der Waals surface area contributed by atoms with Crippen LogP contribution in [0.4, 0.5) is 0 Å². The molecule has 1 aliphatic rings. The fraction of sp³-hybridized carbons (Fsp3) is 0.462. The molecule has 6 heteroatoms. The predicted octanol–water partition coefficient (Wildman–Crippen LogP) is 2.47. The lowest BCUT2D eigenvalue weighted by molar-refractivity contribution is 0.0600. The Bertz CT molecular complexity index is 605. The van der Waals surface area contributed by atoms with E-state index >= 15 is 0 Å². The van der Waals surface area contributed by atoms with Crippen molar-refractivity contribution in [2.45, 2.75) is 24.5 Å². The quantitative estimate of drug-likeness (QED) is 0.789. The highest BCUT2D eigenvalue weighted by atomic mass is 32.2. The van der Waals surface area contributed by atoms with Crippen molar-refractivity contribution in [1.82, 2.24) is 14.6 Å². The van der Waals surface area contributed by atoms with Gasteiger partial charge in [0.05, 0.1) is 17.9 Å². The number of methoxy groups -OCH3 is 1. The summed E-state index contributed by atoms with van der Waals surface area (Å²) in [6.45, 7) is 0. The molecule has 3 rings (SSSR count). The lowest BCUT2D eigenvalue weighted by Gasteiger charge is -2.17. The van der Waals surface area contributed by atoms with Crippen LogP contribution in [0, 0.1) is 0 Å². The van der Waals surface area contributed by atoms with Crippen LogP contribution in [0.1, 0.15) is 40.7 Å². The fourth-order valence-corrected chi connectivity index (χ4v) is 3.46. The Kier molecular flexibility index (Phi) is 3.42. The molecule has 1 unspecified atom stereocenters. The molecule has 0 spiro atoms. The Morgan fingerprint density at radius 3 is 3.11 bits per heavy atom. The Hall–Kier alpha value is -1.56. The van der Waals surface area contributed by atoms with Crippen LogP contribution < -0.4 is 0 Å². The van der Waals surface area contributed by atoms with E-state index in [4.69, 9.17) is 4.74 Å². The zero-order valence-electron chi connectivity index (χ0n) is 10.7. The average molecular weight is 277 g/mol. The molecule has 2 aromatic rings. The van der Waals surface area contributed by atoms with Gasteiger partial charge in [-0.15, -0.1) is 0 Å². The van der Waals surface area contributed by atoms with Gasteiger partial charge in [-0.05, 0) is 30.7 Å². The number of esters is 1. The molecule has 0 amide bonds. The first-order valence-electron chi connectivity index (χ1n) is 6.34. The van der Waals surface area contributed by atoms with Crippen LogP contribution >= 0.6 is 11.8 Å². The van der Waals surface area contributed by atoms with Crippen molar-refractivity contribution in [3.05, 3.63) is 29.7 Å². The third-order valence-electron chi connectivity index (χ3n) is 3.24. The first-order chi connectivity index (χ1) is 9.28. The Morgan fingerprint density at radius 1 is 1.47 bits per heavy atom. The highest BCUT2D eigenvalue weighted by molar-refractivity contribution is 7.99.